The van der Waals surface area contributed by atoms with E-state index in [1.165, 1.54) is 16.7 Å². The van der Waals surface area contributed by atoms with Gasteiger partial charge < -0.3 is 4.90 Å². The molecule has 0 bridgehead atoms. The molecule has 0 aliphatic rings. The Bertz CT molecular complexity index is 751. The van der Waals surface area contributed by atoms with E-state index in [1.807, 2.05) is 27.2 Å². The zero-order chi connectivity index (χ0) is 18.6. The van der Waals surface area contributed by atoms with Crippen LogP contribution in [0.25, 0.3) is 0 Å². The molecule has 0 saturated heterocycles. The molecule has 0 saturated carbocycles. The fourth-order valence-electron chi connectivity index (χ4n) is 2.95. The van der Waals surface area contributed by atoms with E-state index in [-0.39, 0.29) is 5.91 Å². The molecule has 1 aromatic heterocycles. The highest BCUT2D eigenvalue weighted by Crippen LogP contribution is 2.18. The van der Waals surface area contributed by atoms with Gasteiger partial charge in [0.15, 0.2) is 5.16 Å². The summed E-state index contributed by atoms with van der Waals surface area (Å²) in [5.74, 6) is 0.146. The first-order valence-electron chi connectivity index (χ1n) is 8.50. The van der Waals surface area contributed by atoms with E-state index in [1.54, 1.807) is 16.7 Å². The molecule has 4 nitrogen and oxygen atoms in total. The molecule has 0 aliphatic carbocycles. The standard InChI is InChI=1S/C20H27N3OS/c1-13-7-8-17(14(2)11-13)12-23(5)19(24)10-9-18-15(3)21-20(25-6)22-16(18)4/h7-8,11H,9-10,12H2,1-6H3. The highest BCUT2D eigenvalue weighted by molar-refractivity contribution is 7.98. The third kappa shape index (κ3) is 5.05. The predicted octanol–water partition coefficient (Wildman–Crippen LogP) is 4.02. The lowest BCUT2D eigenvalue weighted by Crippen LogP contribution is -2.27. The maximum atomic E-state index is 12.5. The lowest BCUT2D eigenvalue weighted by atomic mass is 10.0. The van der Waals surface area contributed by atoms with E-state index in [2.05, 4.69) is 42.0 Å². The fraction of sp³-hybridized carbons (Fsp3) is 0.450. The first-order valence-corrected chi connectivity index (χ1v) is 9.72. The summed E-state index contributed by atoms with van der Waals surface area (Å²) in [5, 5.41) is 0.789. The molecule has 2 rings (SSSR count). The van der Waals surface area contributed by atoms with Crippen molar-refractivity contribution in [3.8, 4) is 0 Å². The van der Waals surface area contributed by atoms with Crippen molar-refractivity contribution in [1.82, 2.24) is 14.9 Å². The number of carbonyl (C=O) groups is 1. The Labute approximate surface area is 155 Å². The normalized spacial score (nSPS) is 10.8. The van der Waals surface area contributed by atoms with Crippen LogP contribution in [0.15, 0.2) is 23.4 Å². The molecule has 5 heteroatoms. The quantitative estimate of drug-likeness (QED) is 0.578. The highest BCUT2D eigenvalue weighted by Gasteiger charge is 2.14. The third-order valence-corrected chi connectivity index (χ3v) is 5.05. The smallest absolute Gasteiger partial charge is 0.222 e. The van der Waals surface area contributed by atoms with E-state index < -0.39 is 0 Å². The number of hydrogen-bond acceptors (Lipinski definition) is 4. The second-order valence-corrected chi connectivity index (χ2v) is 7.31. The summed E-state index contributed by atoms with van der Waals surface area (Å²) in [4.78, 5) is 23.3. The molecule has 0 unspecified atom stereocenters. The number of benzene rings is 1. The maximum Gasteiger partial charge on any atom is 0.222 e. The maximum absolute atomic E-state index is 12.5. The molecule has 0 spiro atoms. The summed E-state index contributed by atoms with van der Waals surface area (Å²) in [6, 6.07) is 6.36. The van der Waals surface area contributed by atoms with Gasteiger partial charge in [0.2, 0.25) is 5.91 Å². The summed E-state index contributed by atoms with van der Waals surface area (Å²) < 4.78 is 0. The van der Waals surface area contributed by atoms with Crippen molar-refractivity contribution in [1.29, 1.82) is 0 Å². The molecule has 1 amide bonds. The van der Waals surface area contributed by atoms with Crippen LogP contribution >= 0.6 is 11.8 Å². The van der Waals surface area contributed by atoms with Crippen molar-refractivity contribution in [3.05, 3.63) is 51.8 Å². The summed E-state index contributed by atoms with van der Waals surface area (Å²) >= 11 is 1.54. The molecule has 1 aromatic carbocycles. The van der Waals surface area contributed by atoms with Gasteiger partial charge in [-0.15, -0.1) is 0 Å². The molecule has 0 fully saturated rings. The van der Waals surface area contributed by atoms with E-state index in [0.717, 1.165) is 22.1 Å². The highest BCUT2D eigenvalue weighted by atomic mass is 32.2. The van der Waals surface area contributed by atoms with Crippen LogP contribution in [0.3, 0.4) is 0 Å². The van der Waals surface area contributed by atoms with Crippen LogP contribution in [-0.4, -0.2) is 34.1 Å². The number of aryl methyl sites for hydroxylation is 4. The molecule has 0 aliphatic heterocycles. The summed E-state index contributed by atoms with van der Waals surface area (Å²) in [6.45, 7) is 8.81. The summed E-state index contributed by atoms with van der Waals surface area (Å²) in [7, 11) is 1.87. The molecule has 2 aromatic rings. The number of nitrogens with zero attached hydrogens (tertiary/aromatic N) is 3. The Balaban J connectivity index is 2.00. The Kier molecular flexibility index (Phi) is 6.59. The molecule has 25 heavy (non-hydrogen) atoms. The molecular weight excluding hydrogens is 330 g/mol. The first-order chi connectivity index (χ1) is 11.8. The van der Waals surface area contributed by atoms with Crippen molar-refractivity contribution in [2.75, 3.05) is 13.3 Å². The summed E-state index contributed by atoms with van der Waals surface area (Å²) in [5.41, 5.74) is 6.71. The van der Waals surface area contributed by atoms with E-state index in [4.69, 9.17) is 0 Å². The van der Waals surface area contributed by atoms with Gasteiger partial charge in [-0.2, -0.15) is 0 Å². The molecule has 0 radical (unpaired) electrons. The Morgan fingerprint density at radius 1 is 1.12 bits per heavy atom. The van der Waals surface area contributed by atoms with Gasteiger partial charge in [0.25, 0.3) is 0 Å². The average molecular weight is 358 g/mol. The van der Waals surface area contributed by atoms with E-state index >= 15 is 0 Å². The van der Waals surface area contributed by atoms with Crippen LogP contribution in [0.4, 0.5) is 0 Å². The molecule has 0 N–H and O–H groups in total. The second kappa shape index (κ2) is 8.48. The van der Waals surface area contributed by atoms with E-state index in [0.29, 0.717) is 19.4 Å². The fourth-order valence-corrected chi connectivity index (χ4v) is 3.41. The number of hydrogen-bond donors (Lipinski definition) is 0. The van der Waals surface area contributed by atoms with Crippen LogP contribution in [0, 0.1) is 27.7 Å². The minimum atomic E-state index is 0.146. The predicted molar refractivity (Wildman–Crippen MR) is 104 cm³/mol. The molecule has 1 heterocycles. The van der Waals surface area contributed by atoms with Gasteiger partial charge in [0.05, 0.1) is 0 Å². The van der Waals surface area contributed by atoms with Crippen molar-refractivity contribution in [3.63, 3.8) is 0 Å². The number of rotatable bonds is 6. The topological polar surface area (TPSA) is 46.1 Å². The van der Waals surface area contributed by atoms with Crippen LogP contribution in [0.5, 0.6) is 0 Å². The van der Waals surface area contributed by atoms with Crippen LogP contribution in [-0.2, 0) is 17.8 Å². The zero-order valence-corrected chi connectivity index (χ0v) is 16.8. The van der Waals surface area contributed by atoms with Gasteiger partial charge in [0, 0.05) is 31.4 Å². The third-order valence-electron chi connectivity index (χ3n) is 4.50. The van der Waals surface area contributed by atoms with E-state index in [9.17, 15) is 4.79 Å². The van der Waals surface area contributed by atoms with Gasteiger partial charge in [-0.1, -0.05) is 35.5 Å². The SMILES string of the molecule is CSc1nc(C)c(CCC(=O)N(C)Cc2ccc(C)cc2C)c(C)n1. The van der Waals surface area contributed by atoms with Gasteiger partial charge >= 0.3 is 0 Å². The lowest BCUT2D eigenvalue weighted by molar-refractivity contribution is -0.130. The van der Waals surface area contributed by atoms with Crippen molar-refractivity contribution in [2.45, 2.75) is 52.2 Å². The van der Waals surface area contributed by atoms with Crippen molar-refractivity contribution in [2.24, 2.45) is 0 Å². The number of carbonyl (C=O) groups excluding carboxylic acids is 1. The van der Waals surface area contributed by atoms with Gasteiger partial charge in [-0.3, -0.25) is 4.79 Å². The van der Waals surface area contributed by atoms with Gasteiger partial charge in [-0.05, 0) is 57.1 Å². The number of thioether (sulfide) groups is 1. The minimum Gasteiger partial charge on any atom is -0.341 e. The van der Waals surface area contributed by atoms with Crippen LogP contribution in [0.1, 0.15) is 40.1 Å². The largest absolute Gasteiger partial charge is 0.341 e. The monoisotopic (exact) mass is 357 g/mol. The zero-order valence-electron chi connectivity index (χ0n) is 16.0. The van der Waals surface area contributed by atoms with Crippen molar-refractivity contribution < 1.29 is 4.79 Å². The van der Waals surface area contributed by atoms with Crippen molar-refractivity contribution >= 4 is 17.7 Å². The Morgan fingerprint density at radius 2 is 1.76 bits per heavy atom. The number of amides is 1. The molecule has 134 valence electrons. The summed E-state index contributed by atoms with van der Waals surface area (Å²) in [6.07, 6.45) is 3.13. The van der Waals surface area contributed by atoms with Crippen LogP contribution < -0.4 is 0 Å². The molecular formula is C20H27N3OS. The van der Waals surface area contributed by atoms with Crippen LogP contribution in [0.2, 0.25) is 0 Å². The van der Waals surface area contributed by atoms with Gasteiger partial charge in [0.1, 0.15) is 0 Å². The van der Waals surface area contributed by atoms with Gasteiger partial charge in [-0.25, -0.2) is 9.97 Å². The molecule has 0 atom stereocenters. The Hall–Kier alpha value is -1.88. The minimum absolute atomic E-state index is 0.146. The second-order valence-electron chi connectivity index (χ2n) is 6.54. The Morgan fingerprint density at radius 3 is 2.32 bits per heavy atom. The first kappa shape index (κ1) is 19.4. The lowest BCUT2D eigenvalue weighted by Gasteiger charge is -2.19. The number of aromatic nitrogens is 2. The average Bonchev–Trinajstić information content (AvgIpc) is 2.56.